The molecule has 2 fully saturated rings. The number of nitrogens with zero attached hydrogens (tertiary/aromatic N) is 4. The summed E-state index contributed by atoms with van der Waals surface area (Å²) in [5.41, 5.74) is 6.66. The van der Waals surface area contributed by atoms with Crippen molar-refractivity contribution in [2.24, 2.45) is 11.6 Å². The van der Waals surface area contributed by atoms with E-state index in [4.69, 9.17) is 16.6 Å². The fourth-order valence-electron chi connectivity index (χ4n) is 4.54. The van der Waals surface area contributed by atoms with Crippen molar-refractivity contribution in [3.63, 3.8) is 0 Å². The highest BCUT2D eigenvalue weighted by atomic mass is 19.1. The molecule has 1 aromatic heterocycles. The lowest BCUT2D eigenvalue weighted by Crippen LogP contribution is -2.43. The molecule has 31 heavy (non-hydrogen) atoms. The number of anilines is 3. The van der Waals surface area contributed by atoms with E-state index in [-0.39, 0.29) is 23.9 Å². The van der Waals surface area contributed by atoms with Crippen molar-refractivity contribution in [2.45, 2.75) is 82.2 Å². The smallest absolute Gasteiger partial charge is 0.249 e. The van der Waals surface area contributed by atoms with Crippen LogP contribution < -0.4 is 21.9 Å². The van der Waals surface area contributed by atoms with Crippen LogP contribution in [0.5, 0.6) is 5.75 Å². The maximum Gasteiger partial charge on any atom is 0.249 e. The number of rotatable bonds is 5. The minimum Gasteiger partial charge on any atom is -0.505 e. The molecule has 0 radical (unpaired) electrons. The van der Waals surface area contributed by atoms with Crippen molar-refractivity contribution in [1.29, 1.82) is 0 Å². The minimum atomic E-state index is -0.752. The lowest BCUT2D eigenvalue weighted by Gasteiger charge is -2.29. The number of aromatic hydroxyl groups is 1. The topological polar surface area (TPSA) is 126 Å². The maximum atomic E-state index is 13.9. The van der Waals surface area contributed by atoms with Gasteiger partial charge < -0.3 is 16.2 Å². The van der Waals surface area contributed by atoms with Gasteiger partial charge in [-0.05, 0) is 37.8 Å². The number of hydrazine groups is 1. The highest BCUT2D eigenvalue weighted by Gasteiger charge is 2.25. The molecule has 0 amide bonds. The molecule has 2 aromatic rings. The second-order valence-electron chi connectivity index (χ2n) is 8.71. The third-order valence-electron chi connectivity index (χ3n) is 6.42. The molecule has 2 atom stereocenters. The number of nitrogens with two attached hydrogens (primary N) is 2. The Labute approximate surface area is 182 Å². The normalized spacial score (nSPS) is 22.7. The molecule has 4 rings (SSSR count). The number of aromatic nitrogens is 3. The first-order valence-electron chi connectivity index (χ1n) is 11.3. The summed E-state index contributed by atoms with van der Waals surface area (Å²) in [6, 6.07) is 4.10. The number of halogens is 1. The first kappa shape index (κ1) is 21.7. The van der Waals surface area contributed by atoms with Crippen LogP contribution in [0.4, 0.5) is 22.0 Å². The standard InChI is InChI=1S/C22H32FN7O/c23-16-13-15(11-12-19(16)31)30(25)22-28-20(14-7-3-1-2-4-8-14)27-21(29-22)26-18-10-6-5-9-17(18)24/h11-14,17-18,31H,1-10,24-25H2,(H,26,27,28,29). The molecular weight excluding hydrogens is 397 g/mol. The average Bonchev–Trinajstić information content (AvgIpc) is 3.06. The second-order valence-corrected chi connectivity index (χ2v) is 8.71. The Hall–Kier alpha value is -2.52. The number of phenolic OH excluding ortho intramolecular Hbond substituents is 1. The van der Waals surface area contributed by atoms with E-state index in [2.05, 4.69) is 15.3 Å². The van der Waals surface area contributed by atoms with Crippen molar-refractivity contribution < 1.29 is 9.50 Å². The average molecular weight is 430 g/mol. The minimum absolute atomic E-state index is 0.0514. The SMILES string of the molecule is NC1CCCCC1Nc1nc(C2CCCCCC2)nc(N(N)c2ccc(O)c(F)c2)n1. The molecule has 0 spiro atoms. The molecule has 2 unspecified atom stereocenters. The van der Waals surface area contributed by atoms with Crippen LogP contribution in [0.25, 0.3) is 0 Å². The summed E-state index contributed by atoms with van der Waals surface area (Å²) in [6.45, 7) is 0. The summed E-state index contributed by atoms with van der Waals surface area (Å²) in [7, 11) is 0. The van der Waals surface area contributed by atoms with Crippen LogP contribution in [0.1, 0.15) is 76.0 Å². The van der Waals surface area contributed by atoms with Crippen molar-refractivity contribution in [2.75, 3.05) is 10.3 Å². The van der Waals surface area contributed by atoms with E-state index in [0.717, 1.165) is 57.4 Å². The summed E-state index contributed by atoms with van der Waals surface area (Å²) >= 11 is 0. The molecule has 0 aliphatic heterocycles. The predicted octanol–water partition coefficient (Wildman–Crippen LogP) is 3.85. The monoisotopic (exact) mass is 429 g/mol. The van der Waals surface area contributed by atoms with Crippen molar-refractivity contribution in [1.82, 2.24) is 15.0 Å². The number of benzene rings is 1. The molecule has 2 aliphatic carbocycles. The van der Waals surface area contributed by atoms with Crippen LogP contribution in [0.2, 0.25) is 0 Å². The number of hydrogen-bond donors (Lipinski definition) is 4. The Morgan fingerprint density at radius 2 is 1.68 bits per heavy atom. The molecule has 1 aromatic carbocycles. The quantitative estimate of drug-likeness (QED) is 0.321. The third kappa shape index (κ3) is 5.22. The summed E-state index contributed by atoms with van der Waals surface area (Å²) in [5.74, 6) is 6.75. The zero-order valence-electron chi connectivity index (χ0n) is 17.8. The third-order valence-corrected chi connectivity index (χ3v) is 6.42. The van der Waals surface area contributed by atoms with Crippen LogP contribution in [0.15, 0.2) is 18.2 Å². The predicted molar refractivity (Wildman–Crippen MR) is 119 cm³/mol. The fraction of sp³-hybridized carbons (Fsp3) is 0.591. The first-order chi connectivity index (χ1) is 15.0. The lowest BCUT2D eigenvalue weighted by atomic mass is 9.91. The Morgan fingerprint density at radius 1 is 0.968 bits per heavy atom. The first-order valence-corrected chi connectivity index (χ1v) is 11.3. The van der Waals surface area contributed by atoms with E-state index >= 15 is 0 Å². The summed E-state index contributed by atoms with van der Waals surface area (Å²) in [6.07, 6.45) is 11.0. The van der Waals surface area contributed by atoms with Gasteiger partial charge in [-0.1, -0.05) is 38.5 Å². The molecular formula is C22H32FN7O. The van der Waals surface area contributed by atoms with Crippen LogP contribution in [0.3, 0.4) is 0 Å². The van der Waals surface area contributed by atoms with Gasteiger partial charge >= 0.3 is 0 Å². The highest BCUT2D eigenvalue weighted by molar-refractivity contribution is 5.57. The zero-order chi connectivity index (χ0) is 21.8. The summed E-state index contributed by atoms with van der Waals surface area (Å²) < 4.78 is 13.9. The maximum absolute atomic E-state index is 13.9. The van der Waals surface area contributed by atoms with Crippen LogP contribution in [-0.4, -0.2) is 32.1 Å². The summed E-state index contributed by atoms with van der Waals surface area (Å²) in [5, 5.41) is 14.1. The van der Waals surface area contributed by atoms with E-state index in [1.807, 2.05) is 0 Å². The number of hydrogen-bond acceptors (Lipinski definition) is 8. The molecule has 9 heteroatoms. The highest BCUT2D eigenvalue weighted by Crippen LogP contribution is 2.32. The van der Waals surface area contributed by atoms with E-state index in [1.165, 1.54) is 30.0 Å². The van der Waals surface area contributed by atoms with Crippen LogP contribution >= 0.6 is 0 Å². The molecule has 2 saturated carbocycles. The van der Waals surface area contributed by atoms with E-state index < -0.39 is 11.6 Å². The Bertz CT molecular complexity index is 888. The molecule has 168 valence electrons. The van der Waals surface area contributed by atoms with Gasteiger partial charge in [-0.25, -0.2) is 15.2 Å². The van der Waals surface area contributed by atoms with Gasteiger partial charge in [-0.3, -0.25) is 0 Å². The molecule has 0 bridgehead atoms. The van der Waals surface area contributed by atoms with Crippen molar-refractivity contribution in [3.05, 3.63) is 29.8 Å². The van der Waals surface area contributed by atoms with Crippen LogP contribution in [0, 0.1) is 5.82 Å². The largest absolute Gasteiger partial charge is 0.505 e. The van der Waals surface area contributed by atoms with E-state index in [9.17, 15) is 9.50 Å². The van der Waals surface area contributed by atoms with E-state index in [0.29, 0.717) is 17.5 Å². The molecule has 1 heterocycles. The van der Waals surface area contributed by atoms with Gasteiger partial charge in [0.15, 0.2) is 11.6 Å². The number of nitrogens with one attached hydrogen (secondary N) is 1. The van der Waals surface area contributed by atoms with Crippen LogP contribution in [-0.2, 0) is 0 Å². The molecule has 6 N–H and O–H groups in total. The second kappa shape index (κ2) is 9.74. The van der Waals surface area contributed by atoms with Crippen molar-refractivity contribution in [3.8, 4) is 5.75 Å². The van der Waals surface area contributed by atoms with Gasteiger partial charge in [0.25, 0.3) is 0 Å². The Morgan fingerprint density at radius 3 is 2.39 bits per heavy atom. The number of phenols is 1. The van der Waals surface area contributed by atoms with Gasteiger partial charge in [-0.15, -0.1) is 0 Å². The van der Waals surface area contributed by atoms with Gasteiger partial charge in [-0.2, -0.15) is 15.0 Å². The van der Waals surface area contributed by atoms with Crippen molar-refractivity contribution >= 4 is 17.6 Å². The lowest BCUT2D eigenvalue weighted by molar-refractivity contribution is 0.402. The molecule has 8 nitrogen and oxygen atoms in total. The molecule has 2 aliphatic rings. The Kier molecular flexibility index (Phi) is 6.82. The van der Waals surface area contributed by atoms with Gasteiger partial charge in [0.2, 0.25) is 11.9 Å². The molecule has 0 saturated heterocycles. The zero-order valence-corrected chi connectivity index (χ0v) is 17.8. The Balaban J connectivity index is 1.66. The van der Waals surface area contributed by atoms with E-state index in [1.54, 1.807) is 0 Å². The van der Waals surface area contributed by atoms with Gasteiger partial charge in [0, 0.05) is 24.1 Å². The van der Waals surface area contributed by atoms with Gasteiger partial charge in [0.1, 0.15) is 5.82 Å². The fourth-order valence-corrected chi connectivity index (χ4v) is 4.54. The van der Waals surface area contributed by atoms with Gasteiger partial charge in [0.05, 0.1) is 5.69 Å². The summed E-state index contributed by atoms with van der Waals surface area (Å²) in [4.78, 5) is 13.9.